The van der Waals surface area contributed by atoms with E-state index in [-0.39, 0.29) is 29.3 Å². The van der Waals surface area contributed by atoms with Crippen LogP contribution in [0, 0.1) is 34.5 Å². The molecule has 196 valence electrons. The maximum absolute atomic E-state index is 13.3. The van der Waals surface area contributed by atoms with Gasteiger partial charge in [0.15, 0.2) is 5.78 Å². The van der Waals surface area contributed by atoms with Gasteiger partial charge in [-0.15, -0.1) is 0 Å². The lowest BCUT2D eigenvalue weighted by atomic mass is 9.48. The Morgan fingerprint density at radius 3 is 2.43 bits per heavy atom. The molecule has 1 aromatic rings. The van der Waals surface area contributed by atoms with Crippen molar-refractivity contribution in [2.75, 3.05) is 6.26 Å². The van der Waals surface area contributed by atoms with Crippen LogP contribution in [0.15, 0.2) is 52.0 Å². The highest BCUT2D eigenvalue weighted by molar-refractivity contribution is 7.84. The highest BCUT2D eigenvalue weighted by Crippen LogP contribution is 2.69. The zero-order valence-corrected chi connectivity index (χ0v) is 22.2. The Bertz CT molecular complexity index is 1310. The molecule has 4 aliphatic carbocycles. The van der Waals surface area contributed by atoms with Gasteiger partial charge in [-0.1, -0.05) is 30.6 Å². The van der Waals surface area contributed by atoms with Gasteiger partial charge in [0, 0.05) is 40.2 Å². The molecule has 3 nitrogen and oxygen atoms in total. The van der Waals surface area contributed by atoms with E-state index in [1.54, 1.807) is 12.3 Å². The summed E-state index contributed by atoms with van der Waals surface area (Å²) in [6, 6.07) is 7.63. The first-order valence-electron chi connectivity index (χ1n) is 12.9. The van der Waals surface area contributed by atoms with Crippen LogP contribution in [-0.4, -0.2) is 28.2 Å². The van der Waals surface area contributed by atoms with E-state index in [9.17, 15) is 27.0 Å². The predicted octanol–water partition coefficient (Wildman–Crippen LogP) is 6.46. The summed E-state index contributed by atoms with van der Waals surface area (Å²) < 4.78 is 51.8. The lowest BCUT2D eigenvalue weighted by Crippen LogP contribution is -2.50. The van der Waals surface area contributed by atoms with Crippen molar-refractivity contribution in [3.63, 3.8) is 0 Å². The van der Waals surface area contributed by atoms with E-state index >= 15 is 0 Å². The van der Waals surface area contributed by atoms with Crippen molar-refractivity contribution in [3.8, 4) is 11.8 Å². The third-order valence-electron chi connectivity index (χ3n) is 9.56. The first-order chi connectivity index (χ1) is 17.4. The fourth-order valence-corrected chi connectivity index (χ4v) is 8.45. The van der Waals surface area contributed by atoms with Gasteiger partial charge in [-0.2, -0.15) is 13.2 Å². The van der Waals surface area contributed by atoms with Crippen LogP contribution >= 0.6 is 0 Å². The van der Waals surface area contributed by atoms with Gasteiger partial charge in [0.1, 0.15) is 5.78 Å². The molecule has 1 unspecified atom stereocenters. The lowest BCUT2D eigenvalue weighted by Gasteiger charge is -2.54. The summed E-state index contributed by atoms with van der Waals surface area (Å²) in [4.78, 5) is 26.1. The number of carbonyl (C=O) groups excluding carboxylic acids is 2. The van der Waals surface area contributed by atoms with Crippen LogP contribution in [0.25, 0.3) is 0 Å². The molecule has 4 aliphatic rings. The Morgan fingerprint density at radius 1 is 1.11 bits per heavy atom. The number of ketones is 2. The number of hydrogen-bond acceptors (Lipinski definition) is 3. The van der Waals surface area contributed by atoms with E-state index < -0.39 is 27.8 Å². The number of rotatable bonds is 3. The fourth-order valence-electron chi connectivity index (χ4n) is 7.93. The van der Waals surface area contributed by atoms with Gasteiger partial charge in [0.25, 0.3) is 0 Å². The van der Waals surface area contributed by atoms with Crippen molar-refractivity contribution in [1.29, 1.82) is 0 Å². The molecule has 0 heterocycles. The zero-order valence-electron chi connectivity index (χ0n) is 21.3. The molecule has 0 spiro atoms. The molecule has 1 aromatic carbocycles. The summed E-state index contributed by atoms with van der Waals surface area (Å²) in [7, 11) is -1.13. The Kier molecular flexibility index (Phi) is 6.42. The molecule has 0 aliphatic heterocycles. The third-order valence-corrected chi connectivity index (χ3v) is 10.5. The smallest absolute Gasteiger partial charge is 0.298 e. The second-order valence-corrected chi connectivity index (χ2v) is 12.6. The van der Waals surface area contributed by atoms with Gasteiger partial charge in [-0.05, 0) is 97.6 Å². The van der Waals surface area contributed by atoms with Crippen molar-refractivity contribution in [1.82, 2.24) is 0 Å². The second kappa shape index (κ2) is 9.08. The number of halogens is 3. The minimum Gasteiger partial charge on any atom is -0.298 e. The molecule has 0 bridgehead atoms. The SMILES string of the molecule is CC(=O)[C@]1(C#CC(F)(F)F)CC[C@H]2[C@@H]3CCC4=CC(=O)CCC4=C3[C@@H](c3ccc(S(C)=O)cc3)C[C@@]21C. The highest BCUT2D eigenvalue weighted by Gasteiger charge is 2.65. The summed E-state index contributed by atoms with van der Waals surface area (Å²) in [5.41, 5.74) is 2.54. The average Bonchev–Trinajstić information content (AvgIpc) is 3.14. The van der Waals surface area contributed by atoms with E-state index in [4.69, 9.17) is 0 Å². The molecule has 2 saturated carbocycles. The van der Waals surface area contributed by atoms with E-state index in [0.717, 1.165) is 24.0 Å². The Morgan fingerprint density at radius 2 is 1.81 bits per heavy atom. The van der Waals surface area contributed by atoms with Crippen LogP contribution in [0.2, 0.25) is 0 Å². The number of hydrogen-bond donors (Lipinski definition) is 0. The van der Waals surface area contributed by atoms with Gasteiger partial charge in [-0.3, -0.25) is 13.8 Å². The summed E-state index contributed by atoms with van der Waals surface area (Å²) in [6.07, 6.45) is 2.95. The van der Waals surface area contributed by atoms with Crippen LogP contribution in [0.5, 0.6) is 0 Å². The van der Waals surface area contributed by atoms with Crippen molar-refractivity contribution in [3.05, 3.63) is 52.6 Å². The van der Waals surface area contributed by atoms with E-state index in [2.05, 4.69) is 5.92 Å². The van der Waals surface area contributed by atoms with Crippen LogP contribution in [0.4, 0.5) is 13.2 Å². The number of benzene rings is 1. The minimum absolute atomic E-state index is 0.0410. The van der Waals surface area contributed by atoms with Crippen molar-refractivity contribution in [2.45, 2.75) is 75.8 Å². The third kappa shape index (κ3) is 4.26. The molecule has 0 radical (unpaired) electrons. The molecule has 0 saturated heterocycles. The molecule has 0 aromatic heterocycles. The maximum atomic E-state index is 13.3. The second-order valence-electron chi connectivity index (χ2n) is 11.3. The van der Waals surface area contributed by atoms with Crippen LogP contribution in [0.3, 0.4) is 0 Å². The number of allylic oxidation sites excluding steroid dienone is 4. The van der Waals surface area contributed by atoms with E-state index in [0.29, 0.717) is 37.0 Å². The summed E-state index contributed by atoms with van der Waals surface area (Å²) in [5.74, 6) is 3.87. The molecular weight excluding hydrogens is 497 g/mol. The molecule has 2 fully saturated rings. The number of fused-ring (bicyclic) bond motifs is 4. The van der Waals surface area contributed by atoms with E-state index in [1.165, 1.54) is 24.0 Å². The summed E-state index contributed by atoms with van der Waals surface area (Å²) >= 11 is 0. The monoisotopic (exact) mass is 528 g/mol. The predicted molar refractivity (Wildman–Crippen MR) is 136 cm³/mol. The standard InChI is InChI=1S/C30H31F3O3S/c1-18(34)29(14-15-30(31,32)33)13-12-26-24-10-6-20-16-21(35)7-11-23(20)27(24)25(17-28(26,29)2)19-4-8-22(9-5-19)37(3)36/h4-5,8-9,16,24-26H,6-7,10-13,17H2,1-3H3/t24-,25+,26-,28-,29+,37?/m0/s1. The molecule has 5 rings (SSSR count). The Hall–Kier alpha value is -2.46. The topological polar surface area (TPSA) is 51.2 Å². The fraction of sp³-hybridized carbons (Fsp3) is 0.533. The van der Waals surface area contributed by atoms with E-state index in [1.807, 2.05) is 31.2 Å². The van der Waals surface area contributed by atoms with Gasteiger partial charge >= 0.3 is 6.18 Å². The lowest BCUT2D eigenvalue weighted by molar-refractivity contribution is -0.130. The maximum Gasteiger partial charge on any atom is 0.457 e. The molecule has 0 N–H and O–H groups in total. The highest BCUT2D eigenvalue weighted by atomic mass is 32.2. The largest absolute Gasteiger partial charge is 0.457 e. The average molecular weight is 529 g/mol. The normalized spacial score (nSPS) is 33.9. The minimum atomic E-state index is -4.66. The van der Waals surface area contributed by atoms with Crippen LogP contribution in [-0.2, 0) is 20.4 Å². The molecular formula is C30H31F3O3S. The van der Waals surface area contributed by atoms with Gasteiger partial charge in [-0.25, -0.2) is 0 Å². The molecule has 37 heavy (non-hydrogen) atoms. The van der Waals surface area contributed by atoms with Crippen LogP contribution in [0.1, 0.15) is 70.3 Å². The van der Waals surface area contributed by atoms with Crippen molar-refractivity contribution >= 4 is 22.4 Å². The van der Waals surface area contributed by atoms with Gasteiger partial charge < -0.3 is 0 Å². The number of Topliss-reactive ketones (excluding diaryl/α,β-unsaturated/α-hetero) is 1. The molecule has 7 heteroatoms. The molecule has 0 amide bonds. The Labute approximate surface area is 218 Å². The summed E-state index contributed by atoms with van der Waals surface area (Å²) in [5, 5.41) is 0. The van der Waals surface area contributed by atoms with Crippen molar-refractivity contribution in [2.24, 2.45) is 22.7 Å². The first-order valence-corrected chi connectivity index (χ1v) is 14.4. The molecule has 6 atom stereocenters. The number of carbonyl (C=O) groups is 2. The van der Waals surface area contributed by atoms with Crippen LogP contribution < -0.4 is 0 Å². The van der Waals surface area contributed by atoms with Crippen molar-refractivity contribution < 1.29 is 27.0 Å². The van der Waals surface area contributed by atoms with Gasteiger partial charge in [0.2, 0.25) is 0 Å². The summed E-state index contributed by atoms with van der Waals surface area (Å²) in [6.45, 7) is 3.37. The Balaban J connectivity index is 1.70. The first kappa shape index (κ1) is 26.2. The zero-order chi connectivity index (χ0) is 26.8. The number of alkyl halides is 3. The quantitative estimate of drug-likeness (QED) is 0.423. The van der Waals surface area contributed by atoms with Gasteiger partial charge in [0.05, 0.1) is 5.41 Å².